The van der Waals surface area contributed by atoms with Gasteiger partial charge in [0.15, 0.2) is 0 Å². The number of hydrogen-bond donors (Lipinski definition) is 1. The van der Waals surface area contributed by atoms with Gasteiger partial charge in [-0.05, 0) is 70.2 Å². The monoisotopic (exact) mass is 581 g/mol. The third-order valence-electron chi connectivity index (χ3n) is 9.26. The third kappa shape index (κ3) is 5.26. The normalized spacial score (nSPS) is 28.5. The van der Waals surface area contributed by atoms with Crippen LogP contribution in [0.2, 0.25) is 0 Å². The summed E-state index contributed by atoms with van der Waals surface area (Å²) in [4.78, 5) is 48.0. The van der Waals surface area contributed by atoms with Gasteiger partial charge in [0.1, 0.15) is 24.2 Å². The van der Waals surface area contributed by atoms with Crippen LogP contribution in [0.5, 0.6) is 0 Å². The number of likely N-dealkylation sites (tertiary alicyclic amines) is 1. The lowest BCUT2D eigenvalue weighted by Gasteiger charge is -2.40. The average Bonchev–Trinajstić information content (AvgIpc) is 3.54. The summed E-state index contributed by atoms with van der Waals surface area (Å²) in [7, 11) is 0. The van der Waals surface area contributed by atoms with Crippen LogP contribution < -0.4 is 9.80 Å². The molecule has 3 aliphatic heterocycles. The van der Waals surface area contributed by atoms with Gasteiger partial charge in [-0.1, -0.05) is 32.6 Å². The molecule has 6 atom stereocenters. The molecule has 0 aliphatic carbocycles. The number of anilines is 2. The molecule has 1 N–H and O–H groups in total. The molecule has 42 heavy (non-hydrogen) atoms. The highest BCUT2D eigenvalue weighted by atomic mass is 16.6. The van der Waals surface area contributed by atoms with Gasteiger partial charge in [-0.15, -0.1) is 6.58 Å². The number of benzene rings is 1. The maximum absolute atomic E-state index is 14.8. The van der Waals surface area contributed by atoms with Gasteiger partial charge in [-0.25, -0.2) is 0 Å². The van der Waals surface area contributed by atoms with Crippen molar-refractivity contribution in [2.75, 3.05) is 42.6 Å². The topological polar surface area (TPSA) is 99.6 Å². The Morgan fingerprint density at radius 1 is 1.14 bits per heavy atom. The van der Waals surface area contributed by atoms with E-state index in [0.29, 0.717) is 24.9 Å². The van der Waals surface area contributed by atoms with Gasteiger partial charge in [0.05, 0.1) is 24.2 Å². The fraction of sp³-hybridized carbons (Fsp3) is 0.606. The molecule has 2 bridgehead atoms. The Morgan fingerprint density at radius 2 is 1.79 bits per heavy atom. The number of carbonyl (C=O) groups is 3. The van der Waals surface area contributed by atoms with Crippen LogP contribution in [0.4, 0.5) is 11.4 Å². The molecule has 3 fully saturated rings. The molecule has 3 aliphatic rings. The van der Waals surface area contributed by atoms with Gasteiger partial charge in [-0.3, -0.25) is 14.4 Å². The van der Waals surface area contributed by atoms with E-state index in [-0.39, 0.29) is 37.5 Å². The molecular formula is C33H47N3O6. The summed E-state index contributed by atoms with van der Waals surface area (Å²) in [6, 6.07) is 6.17. The molecule has 3 heterocycles. The van der Waals surface area contributed by atoms with Gasteiger partial charge in [0.25, 0.3) is 5.91 Å². The fourth-order valence-electron chi connectivity index (χ4n) is 7.48. The van der Waals surface area contributed by atoms with E-state index in [1.807, 2.05) is 45.0 Å². The minimum atomic E-state index is -1.22. The van der Waals surface area contributed by atoms with E-state index >= 15 is 0 Å². The Labute approximate surface area is 250 Å². The van der Waals surface area contributed by atoms with Crippen LogP contribution in [0.1, 0.15) is 53.9 Å². The minimum absolute atomic E-state index is 0.0224. The second kappa shape index (κ2) is 12.6. The fourth-order valence-corrected chi connectivity index (χ4v) is 7.48. The number of carbonyl (C=O) groups excluding carboxylic acids is 3. The van der Waals surface area contributed by atoms with E-state index < -0.39 is 41.1 Å². The zero-order valence-corrected chi connectivity index (χ0v) is 25.8. The molecule has 0 aromatic heterocycles. The molecule has 1 aromatic rings. The van der Waals surface area contributed by atoms with Crippen LogP contribution in [0.3, 0.4) is 0 Å². The van der Waals surface area contributed by atoms with Crippen LogP contribution in [0.25, 0.3) is 0 Å². The zero-order chi connectivity index (χ0) is 30.8. The quantitative estimate of drug-likeness (QED) is 0.262. The highest BCUT2D eigenvalue weighted by Gasteiger charge is 2.79. The average molecular weight is 582 g/mol. The van der Waals surface area contributed by atoms with Gasteiger partial charge < -0.3 is 29.3 Å². The summed E-state index contributed by atoms with van der Waals surface area (Å²) in [6.45, 7) is 19.2. The van der Waals surface area contributed by atoms with Crippen molar-refractivity contribution in [2.24, 2.45) is 17.8 Å². The van der Waals surface area contributed by atoms with Crippen molar-refractivity contribution in [3.8, 4) is 0 Å². The first-order valence-electron chi connectivity index (χ1n) is 15.2. The second-order valence-corrected chi connectivity index (χ2v) is 12.3. The van der Waals surface area contributed by atoms with E-state index in [1.165, 1.54) is 11.0 Å². The number of esters is 1. The highest BCUT2D eigenvalue weighted by molar-refractivity contribution is 6.05. The van der Waals surface area contributed by atoms with Crippen LogP contribution in [-0.2, 0) is 23.9 Å². The van der Waals surface area contributed by atoms with E-state index in [9.17, 15) is 19.5 Å². The van der Waals surface area contributed by atoms with E-state index in [1.54, 1.807) is 11.0 Å². The van der Waals surface area contributed by atoms with Crippen molar-refractivity contribution in [2.45, 2.75) is 77.2 Å². The molecule has 2 unspecified atom stereocenters. The van der Waals surface area contributed by atoms with Crippen molar-refractivity contribution in [3.05, 3.63) is 49.6 Å². The van der Waals surface area contributed by atoms with Crippen LogP contribution >= 0.6 is 0 Å². The van der Waals surface area contributed by atoms with Gasteiger partial charge in [0, 0.05) is 31.0 Å². The Hall–Kier alpha value is -3.17. The predicted molar refractivity (Wildman–Crippen MR) is 163 cm³/mol. The first kappa shape index (κ1) is 31.8. The smallest absolute Gasteiger partial charge is 0.313 e. The Balaban J connectivity index is 1.81. The molecule has 4 rings (SSSR count). The third-order valence-corrected chi connectivity index (χ3v) is 9.26. The first-order valence-corrected chi connectivity index (χ1v) is 15.2. The Morgan fingerprint density at radius 3 is 2.33 bits per heavy atom. The number of ether oxygens (including phenoxy) is 2. The summed E-state index contributed by atoms with van der Waals surface area (Å²) in [5.74, 6) is -2.77. The maximum atomic E-state index is 14.8. The first-order chi connectivity index (χ1) is 20.0. The molecule has 3 saturated heterocycles. The van der Waals surface area contributed by atoms with E-state index in [0.717, 1.165) is 18.8 Å². The zero-order valence-electron chi connectivity index (χ0n) is 25.8. The number of fused-ring (bicyclic) bond motifs is 1. The summed E-state index contributed by atoms with van der Waals surface area (Å²) in [6.07, 6.45) is 4.60. The van der Waals surface area contributed by atoms with Gasteiger partial charge in [0.2, 0.25) is 5.91 Å². The molecular weight excluding hydrogens is 534 g/mol. The largest absolute Gasteiger partial charge is 0.461 e. The second-order valence-electron chi connectivity index (χ2n) is 12.3. The van der Waals surface area contributed by atoms with Crippen molar-refractivity contribution >= 4 is 29.2 Å². The molecule has 9 nitrogen and oxygen atoms in total. The van der Waals surface area contributed by atoms with Crippen molar-refractivity contribution in [1.82, 2.24) is 4.90 Å². The number of hydrogen-bond acceptors (Lipinski definition) is 7. The molecule has 0 radical (unpaired) electrons. The summed E-state index contributed by atoms with van der Waals surface area (Å²) < 4.78 is 12.2. The number of aliphatic hydroxyl groups excluding tert-OH is 1. The van der Waals surface area contributed by atoms with Crippen molar-refractivity contribution in [3.63, 3.8) is 0 Å². The van der Waals surface area contributed by atoms with Gasteiger partial charge in [-0.2, -0.15) is 0 Å². The predicted octanol–water partition coefficient (Wildman–Crippen LogP) is 3.95. The summed E-state index contributed by atoms with van der Waals surface area (Å²) in [5, 5.41) is 10.5. The van der Waals surface area contributed by atoms with E-state index in [4.69, 9.17) is 9.47 Å². The standard InChI is InChI=1S/C33H47N3O6/c1-8-18-35(24-14-12-23(13-15-24)34(10-3)11-4)30(39)28-33-17-16-32(7,42-33)27(31(40)41-19-9-2)26(33)29(38)36(28)25(21-37)20-22(5)6/h8-9,12-15,22,25-28,37H,1-2,10-11,16-21H2,3-7H3/t25-,26+,27-,28?,32+,33?/m1/s1. The summed E-state index contributed by atoms with van der Waals surface area (Å²) >= 11 is 0. The SMILES string of the molecule is C=CCOC(=O)[C@H]1[C@H]2C(=O)N([C@@H](CO)CC(C)C)C(C(=O)N(CC=C)c3ccc(N(CC)CC)cc3)C23CC[C@]1(C)O3. The van der Waals surface area contributed by atoms with Crippen LogP contribution in [0, 0.1) is 17.8 Å². The lowest BCUT2D eigenvalue weighted by atomic mass is 9.66. The Kier molecular flexibility index (Phi) is 9.52. The van der Waals surface area contributed by atoms with Crippen LogP contribution in [-0.4, -0.2) is 83.9 Å². The number of aliphatic hydroxyl groups is 1. The number of nitrogens with zero attached hydrogens (tertiary/aromatic N) is 3. The van der Waals surface area contributed by atoms with Crippen LogP contribution in [0.15, 0.2) is 49.6 Å². The maximum Gasteiger partial charge on any atom is 0.313 e. The molecule has 0 saturated carbocycles. The van der Waals surface area contributed by atoms with Crippen molar-refractivity contribution in [1.29, 1.82) is 0 Å². The lowest BCUT2D eigenvalue weighted by Crippen LogP contribution is -2.59. The minimum Gasteiger partial charge on any atom is -0.461 e. The lowest BCUT2D eigenvalue weighted by molar-refractivity contribution is -0.159. The highest BCUT2D eigenvalue weighted by Crippen LogP contribution is 2.64. The molecule has 9 heteroatoms. The molecule has 230 valence electrons. The Bertz CT molecular complexity index is 1180. The summed E-state index contributed by atoms with van der Waals surface area (Å²) in [5.41, 5.74) is -0.431. The van der Waals surface area contributed by atoms with Gasteiger partial charge >= 0.3 is 5.97 Å². The van der Waals surface area contributed by atoms with Crippen molar-refractivity contribution < 1.29 is 29.0 Å². The molecule has 1 spiro atoms. The molecule has 1 aromatic carbocycles. The number of amides is 2. The molecule has 2 amide bonds. The van der Waals surface area contributed by atoms with E-state index in [2.05, 4.69) is 31.9 Å². The number of rotatable bonds is 14.